The summed E-state index contributed by atoms with van der Waals surface area (Å²) in [5.41, 5.74) is 3.55. The number of carboxylic acids is 1. The Morgan fingerprint density at radius 2 is 1.77 bits per heavy atom. The van der Waals surface area contributed by atoms with Gasteiger partial charge in [-0.3, -0.25) is 14.4 Å². The number of benzene rings is 2. The van der Waals surface area contributed by atoms with E-state index in [2.05, 4.69) is 20.7 Å². The molecule has 0 fully saturated rings. The Kier molecular flexibility index (Phi) is 9.37. The van der Waals surface area contributed by atoms with Crippen molar-refractivity contribution in [3.05, 3.63) is 82.8 Å². The molecule has 2 amide bonds. The maximum absolute atomic E-state index is 15.2. The number of halogens is 2. The predicted octanol–water partition coefficient (Wildman–Crippen LogP) is 4.59. The molecule has 0 radical (unpaired) electrons. The van der Waals surface area contributed by atoms with E-state index in [1.54, 1.807) is 12.4 Å². The number of hydrogen-bond acceptors (Lipinski definition) is 6. The average Bonchev–Trinajstić information content (AvgIpc) is 3.37. The quantitative estimate of drug-likeness (QED) is 0.232. The van der Waals surface area contributed by atoms with Crippen molar-refractivity contribution in [3.63, 3.8) is 0 Å². The van der Waals surface area contributed by atoms with Gasteiger partial charge in [0.05, 0.1) is 36.7 Å². The summed E-state index contributed by atoms with van der Waals surface area (Å²) < 4.78 is 31.6. The van der Waals surface area contributed by atoms with Crippen molar-refractivity contribution in [2.24, 2.45) is 0 Å². The molecule has 3 N–H and O–H groups in total. The minimum atomic E-state index is -1.41. The van der Waals surface area contributed by atoms with E-state index in [4.69, 9.17) is 0 Å². The van der Waals surface area contributed by atoms with Crippen molar-refractivity contribution in [1.29, 1.82) is 0 Å². The van der Waals surface area contributed by atoms with Crippen LogP contribution in [0.25, 0.3) is 16.8 Å². The van der Waals surface area contributed by atoms with Crippen LogP contribution in [0.2, 0.25) is 0 Å². The lowest BCUT2D eigenvalue weighted by Crippen LogP contribution is -2.48. The van der Waals surface area contributed by atoms with Crippen LogP contribution in [0.5, 0.6) is 0 Å². The number of carbonyl (C=O) groups excluding carboxylic acids is 2. The summed E-state index contributed by atoms with van der Waals surface area (Å²) in [5, 5.41) is 19.0. The Labute approximate surface area is 247 Å². The van der Waals surface area contributed by atoms with Crippen LogP contribution in [-0.2, 0) is 9.59 Å². The van der Waals surface area contributed by atoms with E-state index in [9.17, 15) is 23.9 Å². The molecule has 0 aliphatic carbocycles. The van der Waals surface area contributed by atoms with Crippen LogP contribution in [0.4, 0.5) is 14.5 Å². The van der Waals surface area contributed by atoms with Gasteiger partial charge < -0.3 is 20.6 Å². The molecule has 0 unspecified atom stereocenters. The molecule has 10 nitrogen and oxygen atoms in total. The maximum atomic E-state index is 15.2. The first-order chi connectivity index (χ1) is 20.4. The molecule has 0 spiro atoms. The number of rotatable bonds is 11. The molecule has 2 atom stereocenters. The number of nitrogens with zero attached hydrogens (tertiary/aromatic N) is 4. The fourth-order valence-electron chi connectivity index (χ4n) is 5.01. The molecule has 4 aromatic rings. The van der Waals surface area contributed by atoms with Crippen LogP contribution in [-0.4, -0.2) is 57.6 Å². The zero-order valence-electron chi connectivity index (χ0n) is 24.6. The van der Waals surface area contributed by atoms with Crippen molar-refractivity contribution in [1.82, 2.24) is 25.2 Å². The van der Waals surface area contributed by atoms with Crippen molar-refractivity contribution < 1.29 is 28.3 Å². The number of aromatic nitrogens is 3. The van der Waals surface area contributed by atoms with E-state index in [-0.39, 0.29) is 23.2 Å². The number of hydrogen-bond donors (Lipinski definition) is 3. The molecule has 2 aromatic heterocycles. The molecule has 0 bridgehead atoms. The lowest BCUT2D eigenvalue weighted by atomic mass is 9.92. The molecule has 226 valence electrons. The highest BCUT2D eigenvalue weighted by molar-refractivity contribution is 6.02. The van der Waals surface area contributed by atoms with Gasteiger partial charge in [-0.15, -0.1) is 0 Å². The molecular weight excluding hydrogens is 558 g/mol. The van der Waals surface area contributed by atoms with Gasteiger partial charge in [-0.2, -0.15) is 5.10 Å². The lowest BCUT2D eigenvalue weighted by molar-refractivity contribution is -0.137. The average molecular weight is 593 g/mol. The van der Waals surface area contributed by atoms with Crippen molar-refractivity contribution in [2.45, 2.75) is 52.1 Å². The van der Waals surface area contributed by atoms with E-state index in [1.165, 1.54) is 16.8 Å². The molecule has 43 heavy (non-hydrogen) atoms. The van der Waals surface area contributed by atoms with Gasteiger partial charge in [0.2, 0.25) is 5.91 Å². The number of carbonyl (C=O) groups is 3. The number of fused-ring (bicyclic) bond motifs is 1. The summed E-state index contributed by atoms with van der Waals surface area (Å²) >= 11 is 0. The first-order valence-electron chi connectivity index (χ1n) is 13.8. The van der Waals surface area contributed by atoms with Gasteiger partial charge >= 0.3 is 5.97 Å². The van der Waals surface area contributed by atoms with E-state index >= 15 is 4.39 Å². The highest BCUT2D eigenvalue weighted by Crippen LogP contribution is 2.33. The second-order valence-corrected chi connectivity index (χ2v) is 10.6. The minimum absolute atomic E-state index is 0.135. The van der Waals surface area contributed by atoms with Gasteiger partial charge in [0.25, 0.3) is 5.91 Å². The SMILES string of the molecule is CCC[C@H](NC(=O)c1cnn2cc(N(C)C)cnc12)C(=O)N[C@@H](CC(=O)O)c1cc(-c2c(C)cccc2C)cc(F)c1F. The van der Waals surface area contributed by atoms with Crippen molar-refractivity contribution in [3.8, 4) is 11.1 Å². The van der Waals surface area contributed by atoms with E-state index in [0.29, 0.717) is 17.5 Å². The standard InChI is InChI=1S/C31H34F2N6O4/c1-6-8-24(36-30(42)22-15-35-39-16-20(38(4)5)14-34-29(22)39)31(43)37-25(13-26(40)41)21-11-19(12-23(32)28(21)33)27-17(2)9-7-10-18(27)3/h7,9-12,14-16,24-25H,6,8,13H2,1-5H3,(H,36,42)(H,37,43)(H,40,41)/t24-,25-/m0/s1. The summed E-state index contributed by atoms with van der Waals surface area (Å²) in [6.07, 6.45) is 4.60. The van der Waals surface area contributed by atoms with Crippen LogP contribution in [0, 0.1) is 25.5 Å². The van der Waals surface area contributed by atoms with Gasteiger partial charge in [0.15, 0.2) is 17.3 Å². The number of amides is 2. The number of aryl methyl sites for hydroxylation is 2. The summed E-state index contributed by atoms with van der Waals surface area (Å²) in [4.78, 5) is 44.6. The summed E-state index contributed by atoms with van der Waals surface area (Å²) in [5.74, 6) is -5.10. The summed E-state index contributed by atoms with van der Waals surface area (Å²) in [6.45, 7) is 5.47. The van der Waals surface area contributed by atoms with Gasteiger partial charge in [-0.1, -0.05) is 31.5 Å². The Morgan fingerprint density at radius 3 is 2.40 bits per heavy atom. The third-order valence-corrected chi connectivity index (χ3v) is 7.20. The van der Waals surface area contributed by atoms with Crippen LogP contribution in [0.3, 0.4) is 0 Å². The van der Waals surface area contributed by atoms with E-state index in [0.717, 1.165) is 22.9 Å². The topological polar surface area (TPSA) is 129 Å². The zero-order chi connectivity index (χ0) is 31.4. The van der Waals surface area contributed by atoms with Crippen LogP contribution < -0.4 is 15.5 Å². The highest BCUT2D eigenvalue weighted by atomic mass is 19.2. The first-order valence-corrected chi connectivity index (χ1v) is 13.8. The number of nitrogens with one attached hydrogen (secondary N) is 2. The second-order valence-electron chi connectivity index (χ2n) is 10.6. The molecule has 2 heterocycles. The molecule has 12 heteroatoms. The summed E-state index contributed by atoms with van der Waals surface area (Å²) in [6, 6.07) is 5.41. The predicted molar refractivity (Wildman–Crippen MR) is 158 cm³/mol. The number of carboxylic acid groups (broad SMARTS) is 1. The van der Waals surface area contributed by atoms with E-state index in [1.807, 2.05) is 58.0 Å². The Hall–Kier alpha value is -4.87. The van der Waals surface area contributed by atoms with Gasteiger partial charge in [0.1, 0.15) is 11.6 Å². The molecular formula is C31H34F2N6O4. The van der Waals surface area contributed by atoms with Crippen LogP contribution >= 0.6 is 0 Å². The third-order valence-electron chi connectivity index (χ3n) is 7.20. The third kappa shape index (κ3) is 6.79. The normalized spacial score (nSPS) is 12.5. The summed E-state index contributed by atoms with van der Waals surface area (Å²) in [7, 11) is 3.68. The molecule has 4 rings (SSSR count). The van der Waals surface area contributed by atoms with Crippen molar-refractivity contribution in [2.75, 3.05) is 19.0 Å². The van der Waals surface area contributed by atoms with Gasteiger partial charge in [-0.05, 0) is 54.7 Å². The molecule has 0 aliphatic rings. The molecule has 0 saturated heterocycles. The Morgan fingerprint density at radius 1 is 1.07 bits per heavy atom. The molecule has 0 aliphatic heterocycles. The maximum Gasteiger partial charge on any atom is 0.305 e. The Bertz CT molecular complexity index is 1670. The van der Waals surface area contributed by atoms with Gasteiger partial charge in [-0.25, -0.2) is 18.3 Å². The second kappa shape index (κ2) is 13.0. The fourth-order valence-corrected chi connectivity index (χ4v) is 5.01. The monoisotopic (exact) mass is 592 g/mol. The lowest BCUT2D eigenvalue weighted by Gasteiger charge is -2.24. The fraction of sp³-hybridized carbons (Fsp3) is 0.323. The van der Waals surface area contributed by atoms with E-state index < -0.39 is 47.9 Å². The largest absolute Gasteiger partial charge is 0.481 e. The first kappa shape index (κ1) is 31.1. The minimum Gasteiger partial charge on any atom is -0.481 e. The smallest absolute Gasteiger partial charge is 0.305 e. The Balaban J connectivity index is 1.64. The zero-order valence-corrected chi connectivity index (χ0v) is 24.6. The number of anilines is 1. The van der Waals surface area contributed by atoms with Crippen molar-refractivity contribution >= 4 is 29.1 Å². The number of aliphatic carboxylic acids is 1. The molecule has 2 aromatic carbocycles. The highest BCUT2D eigenvalue weighted by Gasteiger charge is 2.29. The molecule has 0 saturated carbocycles. The van der Waals surface area contributed by atoms with Crippen LogP contribution in [0.15, 0.2) is 48.9 Å². The van der Waals surface area contributed by atoms with Crippen LogP contribution in [0.1, 0.15) is 59.3 Å². The van der Waals surface area contributed by atoms with Gasteiger partial charge in [0, 0.05) is 19.7 Å².